The Hall–Kier alpha value is -2.48. The molecular weight excluding hydrogens is 278 g/mol. The van der Waals surface area contributed by atoms with Crippen molar-refractivity contribution in [3.8, 4) is 11.9 Å². The highest BCUT2D eigenvalue weighted by Crippen LogP contribution is 2.29. The summed E-state index contributed by atoms with van der Waals surface area (Å²) in [5, 5.41) is 8.83. The van der Waals surface area contributed by atoms with Crippen molar-refractivity contribution in [2.24, 2.45) is 0 Å². The third kappa shape index (κ3) is 2.91. The second kappa shape index (κ2) is 6.10. The van der Waals surface area contributed by atoms with Gasteiger partial charge >= 0.3 is 0 Å². The molecule has 2 heterocycles. The van der Waals surface area contributed by atoms with Crippen LogP contribution in [0.5, 0.6) is 5.75 Å². The number of nitrogens with zero attached hydrogens (tertiary/aromatic N) is 3. The Morgan fingerprint density at radius 2 is 2.09 bits per heavy atom. The van der Waals surface area contributed by atoms with Crippen molar-refractivity contribution >= 4 is 5.91 Å². The minimum atomic E-state index is 0.0690. The molecule has 5 nitrogen and oxygen atoms in total. The van der Waals surface area contributed by atoms with Gasteiger partial charge in [0.15, 0.2) is 6.19 Å². The SMILES string of the molecule is COc1ccc(C2CN(C(=O)/C=C3/CCN(C#N)C3)C2)cc1. The summed E-state index contributed by atoms with van der Waals surface area (Å²) in [4.78, 5) is 15.7. The minimum absolute atomic E-state index is 0.0690. The van der Waals surface area contributed by atoms with E-state index in [-0.39, 0.29) is 5.91 Å². The molecule has 0 bridgehead atoms. The topological polar surface area (TPSA) is 56.6 Å². The largest absolute Gasteiger partial charge is 0.497 e. The number of carbonyl (C=O) groups excluding carboxylic acids is 1. The minimum Gasteiger partial charge on any atom is -0.497 e. The molecule has 0 aliphatic carbocycles. The fourth-order valence-corrected chi connectivity index (χ4v) is 2.90. The molecule has 1 aromatic carbocycles. The number of hydrogen-bond donors (Lipinski definition) is 0. The van der Waals surface area contributed by atoms with Gasteiger partial charge in [-0.25, -0.2) is 0 Å². The Labute approximate surface area is 130 Å². The number of likely N-dealkylation sites (tertiary alicyclic amines) is 2. The molecule has 0 radical (unpaired) electrons. The molecule has 0 aromatic heterocycles. The predicted molar refractivity (Wildman–Crippen MR) is 82.2 cm³/mol. The normalized spacial score (nSPS) is 19.9. The number of nitriles is 1. The smallest absolute Gasteiger partial charge is 0.246 e. The maximum absolute atomic E-state index is 12.2. The van der Waals surface area contributed by atoms with Gasteiger partial charge in [0.2, 0.25) is 5.91 Å². The summed E-state index contributed by atoms with van der Waals surface area (Å²) in [6.07, 6.45) is 4.64. The van der Waals surface area contributed by atoms with Gasteiger partial charge < -0.3 is 14.5 Å². The maximum Gasteiger partial charge on any atom is 0.246 e. The summed E-state index contributed by atoms with van der Waals surface area (Å²) in [5.74, 6) is 1.33. The molecule has 0 atom stereocenters. The van der Waals surface area contributed by atoms with Crippen LogP contribution in [0.1, 0.15) is 17.9 Å². The van der Waals surface area contributed by atoms with Crippen molar-refractivity contribution in [2.75, 3.05) is 33.3 Å². The molecule has 2 saturated heterocycles. The molecule has 1 aromatic rings. The lowest BCUT2D eigenvalue weighted by molar-refractivity contribution is -0.130. The van der Waals surface area contributed by atoms with Gasteiger partial charge in [-0.05, 0) is 29.7 Å². The lowest BCUT2D eigenvalue weighted by atomic mass is 9.91. The molecule has 0 saturated carbocycles. The van der Waals surface area contributed by atoms with Crippen LogP contribution in [0, 0.1) is 11.5 Å². The third-order valence-electron chi connectivity index (χ3n) is 4.35. The summed E-state index contributed by atoms with van der Waals surface area (Å²) in [6, 6.07) is 8.03. The Balaban J connectivity index is 1.53. The number of hydrogen-bond acceptors (Lipinski definition) is 4. The average molecular weight is 297 g/mol. The second-order valence-corrected chi connectivity index (χ2v) is 5.79. The summed E-state index contributed by atoms with van der Waals surface area (Å²) in [6.45, 7) is 2.84. The molecule has 0 unspecified atom stereocenters. The fourth-order valence-electron chi connectivity index (χ4n) is 2.90. The van der Waals surface area contributed by atoms with Gasteiger partial charge in [0, 0.05) is 38.2 Å². The monoisotopic (exact) mass is 297 g/mol. The van der Waals surface area contributed by atoms with Crippen LogP contribution in [0.15, 0.2) is 35.9 Å². The lowest BCUT2D eigenvalue weighted by Crippen LogP contribution is -2.47. The van der Waals surface area contributed by atoms with Crippen molar-refractivity contribution in [3.63, 3.8) is 0 Å². The average Bonchev–Trinajstić information content (AvgIpc) is 2.94. The number of amides is 1. The van der Waals surface area contributed by atoms with Crippen molar-refractivity contribution in [3.05, 3.63) is 41.5 Å². The molecule has 0 spiro atoms. The molecular formula is C17H19N3O2. The van der Waals surface area contributed by atoms with Crippen LogP contribution < -0.4 is 4.74 Å². The highest BCUT2D eigenvalue weighted by atomic mass is 16.5. The van der Waals surface area contributed by atoms with Crippen molar-refractivity contribution in [1.29, 1.82) is 5.26 Å². The van der Waals surface area contributed by atoms with E-state index in [1.165, 1.54) is 5.56 Å². The van der Waals surface area contributed by atoms with E-state index in [1.807, 2.05) is 17.0 Å². The van der Waals surface area contributed by atoms with Crippen LogP contribution in [0.3, 0.4) is 0 Å². The van der Waals surface area contributed by atoms with Crippen LogP contribution in [-0.4, -0.2) is 49.0 Å². The number of ether oxygens (including phenoxy) is 1. The Morgan fingerprint density at radius 3 is 2.68 bits per heavy atom. The highest BCUT2D eigenvalue weighted by molar-refractivity contribution is 5.89. The van der Waals surface area contributed by atoms with Crippen LogP contribution in [0.25, 0.3) is 0 Å². The van der Waals surface area contributed by atoms with E-state index in [0.29, 0.717) is 12.5 Å². The van der Waals surface area contributed by atoms with Crippen LogP contribution >= 0.6 is 0 Å². The summed E-state index contributed by atoms with van der Waals surface area (Å²) >= 11 is 0. The molecule has 1 amide bonds. The Morgan fingerprint density at radius 1 is 1.36 bits per heavy atom. The van der Waals surface area contributed by atoms with Crippen molar-refractivity contribution in [2.45, 2.75) is 12.3 Å². The van der Waals surface area contributed by atoms with Crippen molar-refractivity contribution in [1.82, 2.24) is 9.80 Å². The van der Waals surface area contributed by atoms with Gasteiger partial charge in [-0.15, -0.1) is 0 Å². The zero-order chi connectivity index (χ0) is 15.5. The zero-order valence-electron chi connectivity index (χ0n) is 12.7. The molecule has 5 heteroatoms. The Bertz CT molecular complexity index is 624. The first-order valence-corrected chi connectivity index (χ1v) is 7.46. The standard InChI is InChI=1S/C17H19N3O2/c1-22-16-4-2-14(3-5-16)15-10-20(11-15)17(21)8-13-6-7-19(9-13)12-18/h2-5,8,15H,6-7,9-11H2,1H3/b13-8-. The molecule has 2 aliphatic heterocycles. The van der Waals surface area contributed by atoms with E-state index in [0.717, 1.165) is 37.4 Å². The summed E-state index contributed by atoms with van der Waals surface area (Å²) in [5.41, 5.74) is 2.30. The lowest BCUT2D eigenvalue weighted by Gasteiger charge is -2.39. The quantitative estimate of drug-likeness (QED) is 0.630. The van der Waals surface area contributed by atoms with E-state index in [4.69, 9.17) is 10.00 Å². The van der Waals surface area contributed by atoms with E-state index in [9.17, 15) is 4.79 Å². The first-order chi connectivity index (χ1) is 10.7. The van der Waals surface area contributed by atoms with E-state index in [2.05, 4.69) is 18.3 Å². The van der Waals surface area contributed by atoms with Gasteiger partial charge in [0.05, 0.1) is 7.11 Å². The molecule has 22 heavy (non-hydrogen) atoms. The predicted octanol–water partition coefficient (Wildman–Crippen LogP) is 1.73. The first-order valence-electron chi connectivity index (χ1n) is 7.46. The summed E-state index contributed by atoms with van der Waals surface area (Å²) in [7, 11) is 1.66. The zero-order valence-corrected chi connectivity index (χ0v) is 12.7. The number of methoxy groups -OCH3 is 1. The van der Waals surface area contributed by atoms with E-state index < -0.39 is 0 Å². The summed E-state index contributed by atoms with van der Waals surface area (Å²) < 4.78 is 5.15. The van der Waals surface area contributed by atoms with Gasteiger partial charge in [0.1, 0.15) is 5.75 Å². The molecule has 2 fully saturated rings. The van der Waals surface area contributed by atoms with Gasteiger partial charge in [-0.3, -0.25) is 4.79 Å². The highest BCUT2D eigenvalue weighted by Gasteiger charge is 2.31. The van der Waals surface area contributed by atoms with Crippen molar-refractivity contribution < 1.29 is 9.53 Å². The molecule has 114 valence electrons. The van der Waals surface area contributed by atoms with Crippen LogP contribution in [-0.2, 0) is 4.79 Å². The van der Waals surface area contributed by atoms with Gasteiger partial charge in [0.25, 0.3) is 0 Å². The number of benzene rings is 1. The molecule has 3 rings (SSSR count). The van der Waals surface area contributed by atoms with Crippen LogP contribution in [0.2, 0.25) is 0 Å². The fraction of sp³-hybridized carbons (Fsp3) is 0.412. The number of carbonyl (C=O) groups is 1. The third-order valence-corrected chi connectivity index (χ3v) is 4.35. The number of rotatable bonds is 3. The Kier molecular flexibility index (Phi) is 4.01. The van der Waals surface area contributed by atoms with Crippen LogP contribution in [0.4, 0.5) is 0 Å². The molecule has 2 aliphatic rings. The van der Waals surface area contributed by atoms with E-state index >= 15 is 0 Å². The second-order valence-electron chi connectivity index (χ2n) is 5.79. The maximum atomic E-state index is 12.2. The van der Waals surface area contributed by atoms with Gasteiger partial charge in [-0.1, -0.05) is 12.1 Å². The van der Waals surface area contributed by atoms with Gasteiger partial charge in [-0.2, -0.15) is 5.26 Å². The first kappa shape index (κ1) is 14.5. The van der Waals surface area contributed by atoms with E-state index in [1.54, 1.807) is 18.1 Å². The molecule has 0 N–H and O–H groups in total.